The first-order chi connectivity index (χ1) is 9.76. The van der Waals surface area contributed by atoms with Crippen LogP contribution in [0.2, 0.25) is 0 Å². The smallest absolute Gasteiger partial charge is 0.226 e. The zero-order valence-electron chi connectivity index (χ0n) is 11.8. The number of rotatable bonds is 4. The largest absolute Gasteiger partial charge is 0.354 e. The van der Waals surface area contributed by atoms with Crippen LogP contribution < -0.4 is 10.7 Å². The van der Waals surface area contributed by atoms with E-state index >= 15 is 0 Å². The van der Waals surface area contributed by atoms with Crippen molar-refractivity contribution in [2.45, 2.75) is 6.92 Å². The summed E-state index contributed by atoms with van der Waals surface area (Å²) in [5.74, 6) is 1.41. The van der Waals surface area contributed by atoms with Gasteiger partial charge in [0.15, 0.2) is 11.5 Å². The number of aromatic nitrogens is 4. The fraction of sp³-hybridized carbons (Fsp3) is 0.583. The lowest BCUT2D eigenvalue weighted by atomic mass is 10.3. The molecular formula is C12H20N8. The molecule has 1 fully saturated rings. The molecule has 1 aliphatic heterocycles. The van der Waals surface area contributed by atoms with Crippen molar-refractivity contribution in [3.8, 4) is 0 Å². The van der Waals surface area contributed by atoms with Crippen LogP contribution in [0.1, 0.15) is 6.92 Å². The number of hydrogen-bond acceptors (Lipinski definition) is 7. The van der Waals surface area contributed by atoms with E-state index in [4.69, 9.17) is 0 Å². The molecule has 0 atom stereocenters. The third-order valence-electron chi connectivity index (χ3n) is 3.41. The topological polar surface area (TPSA) is 85.0 Å². The van der Waals surface area contributed by atoms with Gasteiger partial charge in [-0.3, -0.25) is 5.10 Å². The summed E-state index contributed by atoms with van der Waals surface area (Å²) in [7, 11) is 2.14. The number of hydrazine groups is 1. The van der Waals surface area contributed by atoms with Crippen LogP contribution in [0, 0.1) is 0 Å². The molecule has 0 radical (unpaired) electrons. The van der Waals surface area contributed by atoms with Gasteiger partial charge in [-0.2, -0.15) is 15.1 Å². The average molecular weight is 276 g/mol. The van der Waals surface area contributed by atoms with E-state index in [1.54, 1.807) is 6.20 Å². The molecule has 3 heterocycles. The van der Waals surface area contributed by atoms with E-state index in [0.717, 1.165) is 49.6 Å². The Morgan fingerprint density at radius 1 is 1.25 bits per heavy atom. The molecule has 0 bridgehead atoms. The maximum Gasteiger partial charge on any atom is 0.226 e. The lowest BCUT2D eigenvalue weighted by Crippen LogP contribution is -2.47. The third-order valence-corrected chi connectivity index (χ3v) is 3.41. The molecule has 1 saturated heterocycles. The predicted octanol–water partition coefficient (Wildman–Crippen LogP) is 0.359. The Balaban J connectivity index is 1.83. The van der Waals surface area contributed by atoms with Crippen molar-refractivity contribution < 1.29 is 0 Å². The molecule has 2 aromatic rings. The van der Waals surface area contributed by atoms with Gasteiger partial charge >= 0.3 is 0 Å². The summed E-state index contributed by atoms with van der Waals surface area (Å²) in [6.07, 6.45) is 1.75. The second kappa shape index (κ2) is 5.59. The summed E-state index contributed by atoms with van der Waals surface area (Å²) in [4.78, 5) is 11.2. The highest BCUT2D eigenvalue weighted by atomic mass is 15.5. The lowest BCUT2D eigenvalue weighted by molar-refractivity contribution is 0.178. The summed E-state index contributed by atoms with van der Waals surface area (Å²) in [6.45, 7) is 6.84. The highest BCUT2D eigenvalue weighted by Crippen LogP contribution is 2.20. The molecule has 1 aliphatic rings. The molecule has 20 heavy (non-hydrogen) atoms. The number of likely N-dealkylation sites (N-methyl/N-ethyl adjacent to an activating group) is 1. The molecule has 0 saturated carbocycles. The highest BCUT2D eigenvalue weighted by molar-refractivity contribution is 5.86. The third kappa shape index (κ3) is 2.66. The number of nitrogens with zero attached hydrogens (tertiary/aromatic N) is 5. The van der Waals surface area contributed by atoms with Crippen LogP contribution in [0.3, 0.4) is 0 Å². The normalized spacial score (nSPS) is 17.5. The minimum absolute atomic E-state index is 0.612. The second-order valence-electron chi connectivity index (χ2n) is 4.96. The first-order valence-electron chi connectivity index (χ1n) is 6.91. The van der Waals surface area contributed by atoms with Crippen molar-refractivity contribution in [1.82, 2.24) is 30.1 Å². The molecule has 8 nitrogen and oxygen atoms in total. The van der Waals surface area contributed by atoms with E-state index in [1.807, 2.05) is 6.92 Å². The van der Waals surface area contributed by atoms with Crippen LogP contribution in [-0.4, -0.2) is 69.8 Å². The summed E-state index contributed by atoms with van der Waals surface area (Å²) >= 11 is 0. The molecule has 3 N–H and O–H groups in total. The van der Waals surface area contributed by atoms with Crippen LogP contribution >= 0.6 is 0 Å². The van der Waals surface area contributed by atoms with Crippen LogP contribution in [0.4, 0.5) is 11.8 Å². The van der Waals surface area contributed by atoms with E-state index < -0.39 is 0 Å². The molecule has 0 aromatic carbocycles. The maximum absolute atomic E-state index is 4.53. The lowest BCUT2D eigenvalue weighted by Gasteiger charge is -2.32. The summed E-state index contributed by atoms with van der Waals surface area (Å²) in [5.41, 5.74) is 4.13. The Kier molecular flexibility index (Phi) is 3.66. The Morgan fingerprint density at radius 3 is 2.80 bits per heavy atom. The number of nitrogens with one attached hydrogen (secondary N) is 3. The second-order valence-corrected chi connectivity index (χ2v) is 4.96. The Hall–Kier alpha value is -1.93. The van der Waals surface area contributed by atoms with E-state index in [-0.39, 0.29) is 0 Å². The van der Waals surface area contributed by atoms with Crippen molar-refractivity contribution in [3.05, 3.63) is 6.20 Å². The molecule has 0 unspecified atom stereocenters. The summed E-state index contributed by atoms with van der Waals surface area (Å²) in [5, 5.41) is 13.2. The Labute approximate surface area is 117 Å². The van der Waals surface area contributed by atoms with Gasteiger partial charge in [0.05, 0.1) is 11.6 Å². The number of piperazine rings is 1. The van der Waals surface area contributed by atoms with Crippen LogP contribution in [0.5, 0.6) is 0 Å². The van der Waals surface area contributed by atoms with Gasteiger partial charge < -0.3 is 15.6 Å². The molecule has 8 heteroatoms. The monoisotopic (exact) mass is 276 g/mol. The van der Waals surface area contributed by atoms with Gasteiger partial charge in [-0.15, -0.1) is 0 Å². The SMILES string of the molecule is CCNc1nc(NN2CCN(C)CC2)c2cn[nH]c2n1. The molecule has 0 amide bonds. The first-order valence-corrected chi connectivity index (χ1v) is 6.91. The number of H-pyrrole nitrogens is 1. The minimum Gasteiger partial charge on any atom is -0.354 e. The van der Waals surface area contributed by atoms with Crippen LogP contribution in [0.15, 0.2) is 6.20 Å². The summed E-state index contributed by atoms with van der Waals surface area (Å²) in [6, 6.07) is 0. The number of aromatic amines is 1. The molecule has 2 aromatic heterocycles. The first kappa shape index (κ1) is 13.1. The molecular weight excluding hydrogens is 256 g/mol. The van der Waals surface area contributed by atoms with Crippen molar-refractivity contribution >= 4 is 22.8 Å². The quantitative estimate of drug-likeness (QED) is 0.743. The zero-order valence-corrected chi connectivity index (χ0v) is 11.8. The highest BCUT2D eigenvalue weighted by Gasteiger charge is 2.16. The Morgan fingerprint density at radius 2 is 2.05 bits per heavy atom. The number of anilines is 2. The van der Waals surface area contributed by atoms with E-state index in [0.29, 0.717) is 5.95 Å². The molecule has 0 aliphatic carbocycles. The van der Waals surface area contributed by atoms with E-state index in [9.17, 15) is 0 Å². The van der Waals surface area contributed by atoms with Gasteiger partial charge in [-0.25, -0.2) is 5.01 Å². The number of fused-ring (bicyclic) bond motifs is 1. The average Bonchev–Trinajstić information content (AvgIpc) is 2.90. The van der Waals surface area contributed by atoms with Gasteiger partial charge in [-0.1, -0.05) is 0 Å². The minimum atomic E-state index is 0.612. The molecule has 108 valence electrons. The van der Waals surface area contributed by atoms with E-state index in [1.165, 1.54) is 0 Å². The van der Waals surface area contributed by atoms with Gasteiger partial charge in [0.2, 0.25) is 5.95 Å². The van der Waals surface area contributed by atoms with Gasteiger partial charge in [0, 0.05) is 32.7 Å². The number of hydrogen-bond donors (Lipinski definition) is 3. The predicted molar refractivity (Wildman–Crippen MR) is 78.5 cm³/mol. The standard InChI is InChI=1S/C12H20N8/c1-3-13-12-15-10-9(8-14-17-10)11(16-12)18-20-6-4-19(2)5-7-20/h8H,3-7H2,1-2H3,(H3,13,14,15,16,17,18). The van der Waals surface area contributed by atoms with Crippen molar-refractivity contribution in [2.75, 3.05) is 50.5 Å². The summed E-state index contributed by atoms with van der Waals surface area (Å²) < 4.78 is 0. The molecule has 3 rings (SSSR count). The fourth-order valence-corrected chi connectivity index (χ4v) is 2.23. The van der Waals surface area contributed by atoms with Gasteiger partial charge in [0.1, 0.15) is 0 Å². The zero-order chi connectivity index (χ0) is 13.9. The maximum atomic E-state index is 4.53. The van der Waals surface area contributed by atoms with Crippen LogP contribution in [-0.2, 0) is 0 Å². The molecule has 0 spiro atoms. The fourth-order valence-electron chi connectivity index (χ4n) is 2.23. The van der Waals surface area contributed by atoms with E-state index in [2.05, 4.69) is 47.9 Å². The Bertz CT molecular complexity index is 572. The van der Waals surface area contributed by atoms with Crippen molar-refractivity contribution in [1.29, 1.82) is 0 Å². The van der Waals surface area contributed by atoms with Gasteiger partial charge in [-0.05, 0) is 14.0 Å². The van der Waals surface area contributed by atoms with Crippen LogP contribution in [0.25, 0.3) is 11.0 Å². The van der Waals surface area contributed by atoms with Gasteiger partial charge in [0.25, 0.3) is 0 Å². The van der Waals surface area contributed by atoms with Crippen molar-refractivity contribution in [3.63, 3.8) is 0 Å². The van der Waals surface area contributed by atoms with Crippen molar-refractivity contribution in [2.24, 2.45) is 0 Å².